The Morgan fingerprint density at radius 3 is 2.48 bits per heavy atom. The van der Waals surface area contributed by atoms with Crippen LogP contribution in [0.2, 0.25) is 0 Å². The van der Waals surface area contributed by atoms with Crippen LogP contribution in [0.1, 0.15) is 26.7 Å². The zero-order valence-corrected chi connectivity index (χ0v) is 18.7. The molecule has 0 N–H and O–H groups in total. The lowest BCUT2D eigenvalue weighted by Crippen LogP contribution is -2.53. The zero-order chi connectivity index (χ0) is 21.2. The van der Waals surface area contributed by atoms with Crippen LogP contribution in [0.15, 0.2) is 29.2 Å². The molecule has 1 aromatic rings. The van der Waals surface area contributed by atoms with Crippen molar-refractivity contribution >= 4 is 15.9 Å². The highest BCUT2D eigenvalue weighted by Gasteiger charge is 2.43. The predicted molar refractivity (Wildman–Crippen MR) is 112 cm³/mol. The van der Waals surface area contributed by atoms with Gasteiger partial charge in [0.15, 0.2) is 0 Å². The average Bonchev–Trinajstić information content (AvgIpc) is 2.67. The minimum absolute atomic E-state index is 0.0906. The molecule has 1 fully saturated rings. The molecule has 0 bridgehead atoms. The molecule has 1 aromatic carbocycles. The molecule has 2 aliphatic heterocycles. The van der Waals surface area contributed by atoms with E-state index in [1.807, 2.05) is 19.9 Å². The van der Waals surface area contributed by atoms with E-state index in [-0.39, 0.29) is 22.1 Å². The number of likely N-dealkylation sites (N-methyl/N-ethyl adjacent to an activating group) is 1. The first-order chi connectivity index (χ1) is 13.6. The van der Waals surface area contributed by atoms with Crippen molar-refractivity contribution in [3.63, 3.8) is 0 Å². The van der Waals surface area contributed by atoms with Crippen molar-refractivity contribution in [1.82, 2.24) is 14.1 Å². The van der Waals surface area contributed by atoms with E-state index in [2.05, 4.69) is 4.90 Å². The summed E-state index contributed by atoms with van der Waals surface area (Å²) in [6, 6.07) is 6.92. The summed E-state index contributed by atoms with van der Waals surface area (Å²) >= 11 is 0. The van der Waals surface area contributed by atoms with Gasteiger partial charge in [-0.15, -0.1) is 0 Å². The van der Waals surface area contributed by atoms with Gasteiger partial charge >= 0.3 is 0 Å². The zero-order valence-electron chi connectivity index (χ0n) is 17.9. The molecule has 7 nitrogen and oxygen atoms in total. The van der Waals surface area contributed by atoms with Crippen molar-refractivity contribution in [1.29, 1.82) is 0 Å². The van der Waals surface area contributed by atoms with Gasteiger partial charge in [0.1, 0.15) is 10.6 Å². The van der Waals surface area contributed by atoms with E-state index in [0.29, 0.717) is 32.0 Å². The minimum atomic E-state index is -3.62. The lowest BCUT2D eigenvalue weighted by atomic mass is 9.78. The maximum atomic E-state index is 13.4. The van der Waals surface area contributed by atoms with Gasteiger partial charge in [-0.2, -0.15) is 4.31 Å². The molecule has 162 valence electrons. The molecule has 0 aliphatic carbocycles. The SMILES string of the molecule is CC(C)CN1CC2(CCN(CC(=O)N(C)C)CC2)COc2ccccc2S1(=O)=O. The van der Waals surface area contributed by atoms with Crippen LogP contribution in [0.5, 0.6) is 5.75 Å². The van der Waals surface area contributed by atoms with Crippen LogP contribution in [0.3, 0.4) is 0 Å². The van der Waals surface area contributed by atoms with Gasteiger partial charge in [-0.25, -0.2) is 8.42 Å². The smallest absolute Gasteiger partial charge is 0.246 e. The molecule has 0 unspecified atom stereocenters. The van der Waals surface area contributed by atoms with E-state index in [4.69, 9.17) is 4.74 Å². The largest absolute Gasteiger partial charge is 0.492 e. The van der Waals surface area contributed by atoms with E-state index in [1.54, 1.807) is 41.5 Å². The molecule has 3 rings (SSSR count). The number of likely N-dealkylation sites (tertiary alicyclic amines) is 1. The Labute approximate surface area is 174 Å². The number of carbonyl (C=O) groups excluding carboxylic acids is 1. The van der Waals surface area contributed by atoms with Crippen molar-refractivity contribution in [2.75, 3.05) is 53.4 Å². The molecule has 1 saturated heterocycles. The normalized spacial score (nSPS) is 21.8. The summed E-state index contributed by atoms with van der Waals surface area (Å²) in [7, 11) is -0.0901. The maximum Gasteiger partial charge on any atom is 0.246 e. The van der Waals surface area contributed by atoms with E-state index in [1.165, 1.54) is 0 Å². The third-order valence-electron chi connectivity index (χ3n) is 5.86. The Hall–Kier alpha value is -1.64. The van der Waals surface area contributed by atoms with Gasteiger partial charge < -0.3 is 9.64 Å². The first-order valence-electron chi connectivity index (χ1n) is 10.3. The van der Waals surface area contributed by atoms with Crippen molar-refractivity contribution < 1.29 is 17.9 Å². The maximum absolute atomic E-state index is 13.4. The van der Waals surface area contributed by atoms with Crippen LogP contribution in [-0.2, 0) is 14.8 Å². The highest BCUT2D eigenvalue weighted by Crippen LogP contribution is 2.39. The van der Waals surface area contributed by atoms with Crippen LogP contribution < -0.4 is 4.74 Å². The highest BCUT2D eigenvalue weighted by molar-refractivity contribution is 7.89. The van der Waals surface area contributed by atoms with Crippen molar-refractivity contribution in [2.45, 2.75) is 31.6 Å². The van der Waals surface area contributed by atoms with Gasteiger partial charge in [-0.1, -0.05) is 26.0 Å². The fourth-order valence-corrected chi connectivity index (χ4v) is 5.90. The van der Waals surface area contributed by atoms with Gasteiger partial charge in [0.25, 0.3) is 0 Å². The Morgan fingerprint density at radius 2 is 1.86 bits per heavy atom. The van der Waals surface area contributed by atoms with Gasteiger partial charge in [0, 0.05) is 32.6 Å². The first-order valence-corrected chi connectivity index (χ1v) is 11.7. The van der Waals surface area contributed by atoms with Crippen molar-refractivity contribution in [2.24, 2.45) is 11.3 Å². The van der Waals surface area contributed by atoms with Gasteiger partial charge in [-0.3, -0.25) is 9.69 Å². The quantitative estimate of drug-likeness (QED) is 0.740. The number of piperidine rings is 1. The summed E-state index contributed by atoms with van der Waals surface area (Å²) < 4.78 is 34.5. The van der Waals surface area contributed by atoms with Gasteiger partial charge in [0.2, 0.25) is 15.9 Å². The van der Waals surface area contributed by atoms with Gasteiger partial charge in [-0.05, 0) is 44.0 Å². The number of carbonyl (C=O) groups is 1. The van der Waals surface area contributed by atoms with Crippen molar-refractivity contribution in [3.05, 3.63) is 24.3 Å². The lowest BCUT2D eigenvalue weighted by Gasteiger charge is -2.45. The number of para-hydroxylation sites is 1. The number of sulfonamides is 1. The van der Waals surface area contributed by atoms with Crippen LogP contribution in [0, 0.1) is 11.3 Å². The molecular formula is C21H33N3O4S. The lowest BCUT2D eigenvalue weighted by molar-refractivity contribution is -0.130. The summed E-state index contributed by atoms with van der Waals surface area (Å²) in [5.41, 5.74) is -0.243. The second-order valence-electron chi connectivity index (χ2n) is 8.99. The highest BCUT2D eigenvalue weighted by atomic mass is 32.2. The molecule has 1 amide bonds. The fourth-order valence-electron chi connectivity index (χ4n) is 4.05. The molecule has 0 atom stereocenters. The number of amides is 1. The second-order valence-corrected chi connectivity index (χ2v) is 10.9. The number of benzene rings is 1. The molecular weight excluding hydrogens is 390 g/mol. The van der Waals surface area contributed by atoms with Crippen LogP contribution in [0.4, 0.5) is 0 Å². The summed E-state index contributed by atoms with van der Waals surface area (Å²) in [6.45, 7) is 7.45. The molecule has 1 spiro atoms. The average molecular weight is 424 g/mol. The molecule has 0 aromatic heterocycles. The second kappa shape index (κ2) is 8.62. The number of fused-ring (bicyclic) bond motifs is 1. The third-order valence-corrected chi connectivity index (χ3v) is 7.71. The summed E-state index contributed by atoms with van der Waals surface area (Å²) in [5.74, 6) is 0.755. The van der Waals surface area contributed by atoms with E-state index >= 15 is 0 Å². The molecule has 0 radical (unpaired) electrons. The van der Waals surface area contributed by atoms with Crippen LogP contribution in [-0.4, -0.2) is 81.9 Å². The number of hydrogen-bond donors (Lipinski definition) is 0. The minimum Gasteiger partial charge on any atom is -0.492 e. The standard InChI is InChI=1S/C21H33N3O4S/c1-17(2)13-24-15-21(9-11-23(12-10-21)14-20(25)22(3)4)16-28-18-7-5-6-8-19(18)29(24,26)27/h5-8,17H,9-16H2,1-4H3. The molecule has 29 heavy (non-hydrogen) atoms. The predicted octanol–water partition coefficient (Wildman–Crippen LogP) is 1.90. The van der Waals surface area contributed by atoms with E-state index < -0.39 is 10.0 Å². The Balaban J connectivity index is 1.84. The topological polar surface area (TPSA) is 70.2 Å². The number of rotatable bonds is 4. The monoisotopic (exact) mass is 423 g/mol. The summed E-state index contributed by atoms with van der Waals surface area (Å²) in [5, 5.41) is 0. The molecule has 2 aliphatic rings. The summed E-state index contributed by atoms with van der Waals surface area (Å²) in [4.78, 5) is 16.1. The Morgan fingerprint density at radius 1 is 1.21 bits per heavy atom. The van der Waals surface area contributed by atoms with Crippen LogP contribution >= 0.6 is 0 Å². The Bertz CT molecular complexity index is 830. The van der Waals surface area contributed by atoms with Crippen LogP contribution in [0.25, 0.3) is 0 Å². The Kier molecular flexibility index (Phi) is 6.55. The molecule has 8 heteroatoms. The van der Waals surface area contributed by atoms with E-state index in [9.17, 15) is 13.2 Å². The number of ether oxygens (including phenoxy) is 1. The number of nitrogens with zero attached hydrogens (tertiary/aromatic N) is 3. The fraction of sp³-hybridized carbons (Fsp3) is 0.667. The van der Waals surface area contributed by atoms with E-state index in [0.717, 1.165) is 25.9 Å². The first kappa shape index (κ1) is 22.1. The van der Waals surface area contributed by atoms with Gasteiger partial charge in [0.05, 0.1) is 13.2 Å². The third kappa shape index (κ3) is 4.92. The summed E-state index contributed by atoms with van der Waals surface area (Å²) in [6.07, 6.45) is 1.61. The number of hydrogen-bond acceptors (Lipinski definition) is 5. The molecule has 0 saturated carbocycles. The van der Waals surface area contributed by atoms with Crippen molar-refractivity contribution in [3.8, 4) is 5.75 Å². The molecule has 2 heterocycles.